The molecular formula is C34H34F5N5O3. The van der Waals surface area contributed by atoms with Crippen LogP contribution >= 0.6 is 0 Å². The number of dihydropyridines is 1. The van der Waals surface area contributed by atoms with Crippen LogP contribution in [0.15, 0.2) is 59.9 Å². The molecule has 4 aliphatic heterocycles. The van der Waals surface area contributed by atoms with Gasteiger partial charge in [-0.25, -0.2) is 8.78 Å². The molecular weight excluding hydrogens is 621 g/mol. The fourth-order valence-electron chi connectivity index (χ4n) is 8.25. The Balaban J connectivity index is 1.16. The van der Waals surface area contributed by atoms with Gasteiger partial charge in [-0.2, -0.15) is 13.2 Å². The molecule has 7 rings (SSSR count). The van der Waals surface area contributed by atoms with E-state index in [2.05, 4.69) is 10.6 Å². The average Bonchev–Trinajstić information content (AvgIpc) is 3.67. The van der Waals surface area contributed by atoms with Crippen LogP contribution in [0.2, 0.25) is 0 Å². The summed E-state index contributed by atoms with van der Waals surface area (Å²) in [6.45, 7) is -1.07. The second-order valence-electron chi connectivity index (χ2n) is 13.2. The topological polar surface area (TPSA) is 85.0 Å². The van der Waals surface area contributed by atoms with Crippen molar-refractivity contribution in [1.29, 1.82) is 0 Å². The fourth-order valence-corrected chi connectivity index (χ4v) is 8.25. The highest BCUT2D eigenvalue weighted by atomic mass is 19.4. The molecule has 4 heterocycles. The summed E-state index contributed by atoms with van der Waals surface area (Å²) in [5.41, 5.74) is 1.22. The Morgan fingerprint density at radius 2 is 1.79 bits per heavy atom. The second kappa shape index (κ2) is 11.2. The molecule has 0 unspecified atom stereocenters. The Kier molecular flexibility index (Phi) is 7.45. The van der Waals surface area contributed by atoms with Crippen molar-refractivity contribution in [2.24, 2.45) is 5.41 Å². The number of alkyl halides is 3. The van der Waals surface area contributed by atoms with Gasteiger partial charge in [0.25, 0.3) is 0 Å². The van der Waals surface area contributed by atoms with Crippen LogP contribution in [0.5, 0.6) is 0 Å². The predicted octanol–water partition coefficient (Wildman–Crippen LogP) is 4.27. The minimum Gasteiger partial charge on any atom is -0.368 e. The first-order valence-corrected chi connectivity index (χ1v) is 15.7. The normalized spacial score (nSPS) is 27.0. The molecule has 2 aromatic rings. The van der Waals surface area contributed by atoms with Gasteiger partial charge in [-0.1, -0.05) is 18.2 Å². The number of fused-ring (bicyclic) bond motifs is 2. The third-order valence-electron chi connectivity index (χ3n) is 10.5. The van der Waals surface area contributed by atoms with E-state index in [4.69, 9.17) is 0 Å². The van der Waals surface area contributed by atoms with Crippen molar-refractivity contribution in [1.82, 2.24) is 20.4 Å². The number of halogens is 5. The molecule has 0 bridgehead atoms. The van der Waals surface area contributed by atoms with E-state index in [1.54, 1.807) is 6.07 Å². The summed E-state index contributed by atoms with van der Waals surface area (Å²) in [4.78, 5) is 45.0. The van der Waals surface area contributed by atoms with Gasteiger partial charge in [0.15, 0.2) is 0 Å². The number of piperidine rings is 1. The van der Waals surface area contributed by atoms with Gasteiger partial charge in [0, 0.05) is 30.9 Å². The fraction of sp³-hybridized carbons (Fsp3) is 0.441. The maximum absolute atomic E-state index is 14.3. The number of benzene rings is 2. The molecule has 2 fully saturated rings. The Hall–Kier alpha value is -4.26. The van der Waals surface area contributed by atoms with Crippen molar-refractivity contribution < 1.29 is 36.3 Å². The Labute approximate surface area is 268 Å². The van der Waals surface area contributed by atoms with Gasteiger partial charge < -0.3 is 20.4 Å². The van der Waals surface area contributed by atoms with E-state index in [0.717, 1.165) is 33.7 Å². The van der Waals surface area contributed by atoms with Crippen molar-refractivity contribution >= 4 is 23.4 Å². The van der Waals surface area contributed by atoms with E-state index < -0.39 is 59.7 Å². The summed E-state index contributed by atoms with van der Waals surface area (Å²) in [5.74, 6) is -2.26. The smallest absolute Gasteiger partial charge is 0.368 e. The Morgan fingerprint density at radius 1 is 1.04 bits per heavy atom. The van der Waals surface area contributed by atoms with Gasteiger partial charge in [0.05, 0.1) is 18.0 Å². The van der Waals surface area contributed by atoms with Gasteiger partial charge in [0.1, 0.15) is 29.5 Å². The average molecular weight is 656 g/mol. The maximum Gasteiger partial charge on any atom is 0.401 e. The number of carbonyl (C=O) groups excluding carboxylic acids is 3. The summed E-state index contributed by atoms with van der Waals surface area (Å²) in [6, 6.07) is 7.45. The molecule has 2 saturated heterocycles. The Morgan fingerprint density at radius 3 is 2.53 bits per heavy atom. The Bertz CT molecular complexity index is 1720. The van der Waals surface area contributed by atoms with E-state index in [1.165, 1.54) is 16.8 Å². The minimum atomic E-state index is -4.53. The highest BCUT2D eigenvalue weighted by molar-refractivity contribution is 5.99. The maximum atomic E-state index is 14.3. The van der Waals surface area contributed by atoms with Crippen LogP contribution in [-0.4, -0.2) is 72.5 Å². The van der Waals surface area contributed by atoms with Crippen molar-refractivity contribution in [3.05, 3.63) is 88.3 Å². The molecule has 248 valence electrons. The molecule has 3 amide bonds. The largest absolute Gasteiger partial charge is 0.401 e. The van der Waals surface area contributed by atoms with E-state index >= 15 is 0 Å². The van der Waals surface area contributed by atoms with Crippen molar-refractivity contribution in [2.45, 2.75) is 56.3 Å². The lowest BCUT2D eigenvalue weighted by molar-refractivity contribution is -0.172. The van der Waals surface area contributed by atoms with Crippen molar-refractivity contribution in [3.63, 3.8) is 0 Å². The summed E-state index contributed by atoms with van der Waals surface area (Å²) in [7, 11) is 1.54. The number of nitrogens with zero attached hydrogens (tertiary/aromatic N) is 3. The zero-order chi connectivity index (χ0) is 33.3. The van der Waals surface area contributed by atoms with Gasteiger partial charge in [-0.3, -0.25) is 19.3 Å². The molecule has 13 heteroatoms. The lowest BCUT2D eigenvalue weighted by Crippen LogP contribution is -2.63. The van der Waals surface area contributed by atoms with E-state index in [-0.39, 0.29) is 37.3 Å². The second-order valence-corrected chi connectivity index (χ2v) is 13.2. The number of hydrogen-bond donors (Lipinski definition) is 2. The van der Waals surface area contributed by atoms with Crippen LogP contribution < -0.4 is 15.5 Å². The number of rotatable bonds is 5. The third kappa shape index (κ3) is 5.28. The van der Waals surface area contributed by atoms with Gasteiger partial charge in [-0.05, 0) is 86.0 Å². The first kappa shape index (κ1) is 31.3. The SMILES string of the molecule is CN(C(=O)CN1C(=O)[C@@]2(CCCN2CC(F)(F)F)CC[C@H]1c1cc(F)cc(F)c1)c1ccc2c(c1)C[C@@]1(C2)C(=O)NC2=C1C=CCN2. The molecule has 2 N–H and O–H groups in total. The molecule has 8 nitrogen and oxygen atoms in total. The van der Waals surface area contributed by atoms with E-state index in [0.29, 0.717) is 43.4 Å². The van der Waals surface area contributed by atoms with Crippen LogP contribution in [0.1, 0.15) is 48.4 Å². The van der Waals surface area contributed by atoms with Gasteiger partial charge in [-0.15, -0.1) is 0 Å². The standard InChI is InChI=1S/C34H34F5N5O3/c1-42(25-6-5-20-16-32(17-22(20)14-25)26-4-2-10-40-29(26)41-30(32)46)28(45)18-44-27(21-12-23(35)15-24(36)13-21)7-9-33(31(44)47)8-3-11-43(33)19-34(37,38)39/h2,4-6,12-15,27,40H,3,7-11,16-19H2,1H3,(H,41,46)/t27-,32+,33+/m0/s1. The zero-order valence-corrected chi connectivity index (χ0v) is 25.7. The number of nitrogens with one attached hydrogen (secondary N) is 2. The monoisotopic (exact) mass is 655 g/mol. The minimum absolute atomic E-state index is 0.0637. The molecule has 3 atom stereocenters. The third-order valence-corrected chi connectivity index (χ3v) is 10.5. The molecule has 1 aliphatic carbocycles. The summed E-state index contributed by atoms with van der Waals surface area (Å²) in [6.07, 6.45) is 1.10. The number of likely N-dealkylation sites (tertiary alicyclic amines) is 2. The number of carbonyl (C=O) groups is 3. The summed E-state index contributed by atoms with van der Waals surface area (Å²) >= 11 is 0. The van der Waals surface area contributed by atoms with Crippen LogP contribution in [0.25, 0.3) is 0 Å². The van der Waals surface area contributed by atoms with Crippen LogP contribution in [0.3, 0.4) is 0 Å². The summed E-state index contributed by atoms with van der Waals surface area (Å²) < 4.78 is 69.3. The molecule has 47 heavy (non-hydrogen) atoms. The predicted molar refractivity (Wildman–Crippen MR) is 162 cm³/mol. The first-order chi connectivity index (χ1) is 22.3. The highest BCUT2D eigenvalue weighted by Gasteiger charge is 2.56. The van der Waals surface area contributed by atoms with Crippen molar-refractivity contribution in [3.8, 4) is 0 Å². The molecule has 0 aromatic heterocycles. The van der Waals surface area contributed by atoms with Gasteiger partial charge in [0.2, 0.25) is 17.7 Å². The number of likely N-dealkylation sites (N-methyl/N-ethyl adjacent to an activating group) is 1. The number of allylic oxidation sites excluding steroid dienone is 1. The molecule has 0 saturated carbocycles. The number of hydrogen-bond acceptors (Lipinski definition) is 5. The van der Waals surface area contributed by atoms with Crippen LogP contribution in [0, 0.1) is 17.0 Å². The van der Waals surface area contributed by atoms with Crippen LogP contribution in [0.4, 0.5) is 27.6 Å². The molecule has 0 radical (unpaired) electrons. The van der Waals surface area contributed by atoms with Crippen molar-refractivity contribution in [2.75, 3.05) is 38.1 Å². The van der Waals surface area contributed by atoms with E-state index in [1.807, 2.05) is 24.3 Å². The first-order valence-electron chi connectivity index (χ1n) is 15.7. The molecule has 2 spiro atoms. The zero-order valence-electron chi connectivity index (χ0n) is 25.7. The lowest BCUT2D eigenvalue weighted by atomic mass is 9.78. The highest BCUT2D eigenvalue weighted by Crippen LogP contribution is 2.49. The van der Waals surface area contributed by atoms with Crippen LogP contribution in [-0.2, 0) is 27.2 Å². The summed E-state index contributed by atoms with van der Waals surface area (Å²) in [5, 5.41) is 6.16. The van der Waals surface area contributed by atoms with Gasteiger partial charge >= 0.3 is 6.18 Å². The molecule has 5 aliphatic rings. The number of amides is 3. The quantitative estimate of drug-likeness (QED) is 0.471. The lowest BCUT2D eigenvalue weighted by Gasteiger charge is -2.48. The molecule has 2 aromatic carbocycles. The number of anilines is 1. The van der Waals surface area contributed by atoms with E-state index in [9.17, 15) is 36.3 Å².